The lowest BCUT2D eigenvalue weighted by atomic mass is 10.0. The molecule has 0 saturated carbocycles. The number of nitrogens with zero attached hydrogens (tertiary/aromatic N) is 4. The van der Waals surface area contributed by atoms with Crippen molar-refractivity contribution >= 4 is 22.9 Å². The molecule has 6 nitrogen and oxygen atoms in total. The summed E-state index contributed by atoms with van der Waals surface area (Å²) in [5, 5.41) is 13.0. The summed E-state index contributed by atoms with van der Waals surface area (Å²) in [7, 11) is 0. The highest BCUT2D eigenvalue weighted by Gasteiger charge is 2.28. The number of anilines is 4. The van der Waals surface area contributed by atoms with Crippen LogP contribution in [0.25, 0.3) is 0 Å². The van der Waals surface area contributed by atoms with E-state index in [0.717, 1.165) is 48.9 Å². The molecular formula is C19H25N5O. The Labute approximate surface area is 148 Å². The van der Waals surface area contributed by atoms with Gasteiger partial charge in [-0.3, -0.25) is 4.90 Å². The molecule has 0 bridgehead atoms. The molecule has 0 amide bonds. The van der Waals surface area contributed by atoms with E-state index in [9.17, 15) is 5.11 Å². The normalized spacial score (nSPS) is 19.5. The highest BCUT2D eigenvalue weighted by Crippen LogP contribution is 2.42. The van der Waals surface area contributed by atoms with E-state index in [-0.39, 0.29) is 6.61 Å². The van der Waals surface area contributed by atoms with Gasteiger partial charge in [-0.05, 0) is 56.5 Å². The lowest BCUT2D eigenvalue weighted by Gasteiger charge is -2.35. The number of rotatable bonds is 4. The Morgan fingerprint density at radius 3 is 2.88 bits per heavy atom. The van der Waals surface area contributed by atoms with E-state index in [0.29, 0.717) is 6.04 Å². The molecule has 25 heavy (non-hydrogen) atoms. The summed E-state index contributed by atoms with van der Waals surface area (Å²) in [5.74, 6) is 0.922. The highest BCUT2D eigenvalue weighted by atomic mass is 16.3. The standard InChI is InChI=1S/C19H25N5O/c1-13-8-16-18(9-14(13)2)24(19-17(22-16)10-20-12-21-19)7-6-23-5-3-4-15(23)11-25/h8-10,12,15,22,25H,3-7,11H2,1-2H3. The second-order valence-corrected chi connectivity index (χ2v) is 7.00. The number of nitrogens with one attached hydrogen (secondary N) is 1. The third-order valence-corrected chi connectivity index (χ3v) is 5.44. The zero-order valence-corrected chi connectivity index (χ0v) is 14.9. The van der Waals surface area contributed by atoms with Crippen LogP contribution in [0.2, 0.25) is 0 Å². The first-order valence-corrected chi connectivity index (χ1v) is 8.98. The molecule has 6 heteroatoms. The summed E-state index contributed by atoms with van der Waals surface area (Å²) < 4.78 is 0. The summed E-state index contributed by atoms with van der Waals surface area (Å²) >= 11 is 0. The van der Waals surface area contributed by atoms with Crippen molar-refractivity contribution in [3.8, 4) is 0 Å². The lowest BCUT2D eigenvalue weighted by molar-refractivity contribution is 0.162. The molecule has 1 saturated heterocycles. The van der Waals surface area contributed by atoms with Crippen LogP contribution in [0.15, 0.2) is 24.7 Å². The molecule has 1 unspecified atom stereocenters. The zero-order chi connectivity index (χ0) is 17.4. The molecule has 0 aliphatic carbocycles. The van der Waals surface area contributed by atoms with Gasteiger partial charge in [0.1, 0.15) is 12.0 Å². The van der Waals surface area contributed by atoms with Gasteiger partial charge < -0.3 is 15.3 Å². The van der Waals surface area contributed by atoms with Gasteiger partial charge in [-0.15, -0.1) is 0 Å². The van der Waals surface area contributed by atoms with Crippen molar-refractivity contribution in [2.75, 3.05) is 36.5 Å². The Bertz CT molecular complexity index is 778. The van der Waals surface area contributed by atoms with E-state index in [1.54, 1.807) is 6.33 Å². The average Bonchev–Trinajstić information content (AvgIpc) is 3.07. The number of hydrogen-bond acceptors (Lipinski definition) is 6. The number of aliphatic hydroxyl groups excluding tert-OH is 1. The number of fused-ring (bicyclic) bond motifs is 2. The van der Waals surface area contributed by atoms with Gasteiger partial charge >= 0.3 is 0 Å². The second-order valence-electron chi connectivity index (χ2n) is 7.00. The van der Waals surface area contributed by atoms with E-state index in [1.165, 1.54) is 17.5 Å². The van der Waals surface area contributed by atoms with Crippen LogP contribution in [0, 0.1) is 13.8 Å². The van der Waals surface area contributed by atoms with Crippen LogP contribution in [0.1, 0.15) is 24.0 Å². The van der Waals surface area contributed by atoms with E-state index in [2.05, 4.69) is 51.1 Å². The first kappa shape index (κ1) is 16.3. The molecule has 2 aliphatic heterocycles. The predicted molar refractivity (Wildman–Crippen MR) is 99.9 cm³/mol. The summed E-state index contributed by atoms with van der Waals surface area (Å²) in [5.41, 5.74) is 5.75. The Morgan fingerprint density at radius 1 is 1.20 bits per heavy atom. The number of hydrogen-bond donors (Lipinski definition) is 2. The molecular weight excluding hydrogens is 314 g/mol. The van der Waals surface area contributed by atoms with Crippen LogP contribution in [0.3, 0.4) is 0 Å². The highest BCUT2D eigenvalue weighted by molar-refractivity contribution is 5.90. The van der Waals surface area contributed by atoms with Crippen molar-refractivity contribution in [3.63, 3.8) is 0 Å². The van der Waals surface area contributed by atoms with Gasteiger partial charge in [0.2, 0.25) is 0 Å². The monoisotopic (exact) mass is 339 g/mol. The lowest BCUT2D eigenvalue weighted by Crippen LogP contribution is -2.39. The van der Waals surface area contributed by atoms with Gasteiger partial charge in [0.25, 0.3) is 0 Å². The topological polar surface area (TPSA) is 64.5 Å². The molecule has 0 radical (unpaired) electrons. The van der Waals surface area contributed by atoms with E-state index in [1.807, 2.05) is 6.20 Å². The quantitative estimate of drug-likeness (QED) is 0.893. The number of aliphatic hydroxyl groups is 1. The van der Waals surface area contributed by atoms with Gasteiger partial charge in [0, 0.05) is 19.1 Å². The number of aromatic nitrogens is 2. The van der Waals surface area contributed by atoms with Crippen molar-refractivity contribution < 1.29 is 5.11 Å². The Morgan fingerprint density at radius 2 is 2.04 bits per heavy atom. The van der Waals surface area contributed by atoms with E-state index in [4.69, 9.17) is 0 Å². The maximum Gasteiger partial charge on any atom is 0.160 e. The predicted octanol–water partition coefficient (Wildman–Crippen LogP) is 2.75. The van der Waals surface area contributed by atoms with Gasteiger partial charge in [-0.25, -0.2) is 9.97 Å². The van der Waals surface area contributed by atoms with Crippen LogP contribution < -0.4 is 10.2 Å². The maximum absolute atomic E-state index is 9.57. The van der Waals surface area contributed by atoms with Crippen molar-refractivity contribution in [1.29, 1.82) is 0 Å². The first-order valence-electron chi connectivity index (χ1n) is 8.98. The molecule has 2 N–H and O–H groups in total. The molecule has 3 heterocycles. The number of aryl methyl sites for hydroxylation is 2. The SMILES string of the molecule is Cc1cc2c(cc1C)N(CCN1CCCC1CO)c1ncncc1N2. The average molecular weight is 339 g/mol. The Kier molecular flexibility index (Phi) is 4.31. The molecule has 4 rings (SSSR count). The van der Waals surface area contributed by atoms with Crippen molar-refractivity contribution in [1.82, 2.24) is 14.9 Å². The second kappa shape index (κ2) is 6.61. The fraction of sp³-hybridized carbons (Fsp3) is 0.474. The summed E-state index contributed by atoms with van der Waals surface area (Å²) in [6, 6.07) is 4.72. The fourth-order valence-electron chi connectivity index (χ4n) is 3.86. The van der Waals surface area contributed by atoms with Crippen molar-refractivity contribution in [2.24, 2.45) is 0 Å². The summed E-state index contributed by atoms with van der Waals surface area (Å²) in [6.07, 6.45) is 5.69. The van der Waals surface area contributed by atoms with Crippen molar-refractivity contribution in [2.45, 2.75) is 32.7 Å². The smallest absolute Gasteiger partial charge is 0.160 e. The van der Waals surface area contributed by atoms with Gasteiger partial charge in [0.15, 0.2) is 5.82 Å². The number of likely N-dealkylation sites (tertiary alicyclic amines) is 1. The fourth-order valence-corrected chi connectivity index (χ4v) is 3.86. The molecule has 1 aromatic carbocycles. The Hall–Kier alpha value is -2.18. The molecule has 1 atom stereocenters. The molecule has 0 spiro atoms. The first-order chi connectivity index (χ1) is 12.2. The molecule has 132 valence electrons. The van der Waals surface area contributed by atoms with Crippen LogP contribution >= 0.6 is 0 Å². The molecule has 2 aliphatic rings. The van der Waals surface area contributed by atoms with Crippen LogP contribution in [-0.4, -0.2) is 52.3 Å². The maximum atomic E-state index is 9.57. The van der Waals surface area contributed by atoms with Gasteiger partial charge in [-0.2, -0.15) is 0 Å². The summed E-state index contributed by atoms with van der Waals surface area (Å²) in [4.78, 5) is 13.4. The van der Waals surface area contributed by atoms with E-state index >= 15 is 0 Å². The van der Waals surface area contributed by atoms with Gasteiger partial charge in [0.05, 0.1) is 24.2 Å². The third kappa shape index (κ3) is 2.96. The molecule has 1 fully saturated rings. The molecule has 1 aromatic heterocycles. The minimum Gasteiger partial charge on any atom is -0.395 e. The van der Waals surface area contributed by atoms with Crippen LogP contribution in [-0.2, 0) is 0 Å². The minimum atomic E-state index is 0.245. The largest absolute Gasteiger partial charge is 0.395 e. The van der Waals surface area contributed by atoms with Crippen molar-refractivity contribution in [3.05, 3.63) is 35.8 Å². The third-order valence-electron chi connectivity index (χ3n) is 5.44. The van der Waals surface area contributed by atoms with Gasteiger partial charge in [-0.1, -0.05) is 0 Å². The molecule has 2 aromatic rings. The minimum absolute atomic E-state index is 0.245. The summed E-state index contributed by atoms with van der Waals surface area (Å²) in [6.45, 7) is 7.35. The van der Waals surface area contributed by atoms with E-state index < -0.39 is 0 Å². The number of benzene rings is 1. The zero-order valence-electron chi connectivity index (χ0n) is 14.9. The van der Waals surface area contributed by atoms with Crippen LogP contribution in [0.4, 0.5) is 22.9 Å². The van der Waals surface area contributed by atoms with Crippen LogP contribution in [0.5, 0.6) is 0 Å². The Balaban J connectivity index is 1.65.